The first-order chi connectivity index (χ1) is 9.71. The first kappa shape index (κ1) is 14.6. The number of nitrogens with one attached hydrogen (secondary N) is 2. The number of hydrogen-bond donors (Lipinski definition) is 2. The Morgan fingerprint density at radius 2 is 1.50 bits per heavy atom. The van der Waals surface area contributed by atoms with Crippen LogP contribution in [0, 0.1) is 0 Å². The van der Waals surface area contributed by atoms with Crippen LogP contribution in [0.2, 0.25) is 0 Å². The molecule has 1 amide bonds. The summed E-state index contributed by atoms with van der Waals surface area (Å²) in [5, 5.41) is 6.09. The summed E-state index contributed by atoms with van der Waals surface area (Å²) >= 11 is 2.03. The third-order valence-corrected chi connectivity index (χ3v) is 3.36. The molecule has 0 spiro atoms. The van der Waals surface area contributed by atoms with Gasteiger partial charge in [0.25, 0.3) is 0 Å². The summed E-state index contributed by atoms with van der Waals surface area (Å²) in [6.07, 6.45) is 0. The smallest absolute Gasteiger partial charge is 0.234 e. The van der Waals surface area contributed by atoms with E-state index in [2.05, 4.69) is 10.6 Å². The van der Waals surface area contributed by atoms with Gasteiger partial charge in [-0.2, -0.15) is 0 Å². The molecular weight excluding hydrogens is 367 g/mol. The molecule has 0 unspecified atom stereocenters. The Morgan fingerprint density at radius 1 is 1.00 bits per heavy atom. The van der Waals surface area contributed by atoms with Gasteiger partial charge >= 0.3 is 0 Å². The van der Waals surface area contributed by atoms with Gasteiger partial charge in [0, 0.05) is 17.1 Å². The molecule has 2 rings (SSSR count). The summed E-state index contributed by atoms with van der Waals surface area (Å²) in [6.45, 7) is 0. The fourth-order valence-corrected chi connectivity index (χ4v) is 1.86. The second-order valence-electron chi connectivity index (χ2n) is 4.11. The van der Waals surface area contributed by atoms with Crippen molar-refractivity contribution in [1.82, 2.24) is 0 Å². The highest BCUT2D eigenvalue weighted by atomic mass is 127. The molecule has 0 fully saturated rings. The van der Waals surface area contributed by atoms with Gasteiger partial charge in [-0.3, -0.25) is 4.79 Å². The van der Waals surface area contributed by atoms with Crippen LogP contribution < -0.4 is 15.4 Å². The lowest BCUT2D eigenvalue weighted by Gasteiger charge is -2.09. The fourth-order valence-electron chi connectivity index (χ4n) is 1.67. The lowest BCUT2D eigenvalue weighted by Crippen LogP contribution is -2.11. The molecule has 4 nitrogen and oxygen atoms in total. The van der Waals surface area contributed by atoms with E-state index in [9.17, 15) is 4.79 Å². The van der Waals surface area contributed by atoms with Gasteiger partial charge in [-0.25, -0.2) is 0 Å². The van der Waals surface area contributed by atoms with Gasteiger partial charge in [-0.15, -0.1) is 0 Å². The summed E-state index contributed by atoms with van der Waals surface area (Å²) in [6, 6.07) is 15.3. The Hall–Kier alpha value is -1.76. The molecule has 0 aromatic heterocycles. The Labute approximate surface area is 131 Å². The van der Waals surface area contributed by atoms with Crippen molar-refractivity contribution in [1.29, 1.82) is 0 Å². The van der Waals surface area contributed by atoms with Gasteiger partial charge in [-0.05, 0) is 48.5 Å². The molecule has 0 saturated carbocycles. The zero-order valence-electron chi connectivity index (χ0n) is 11.0. The van der Waals surface area contributed by atoms with Gasteiger partial charge in [0.05, 0.1) is 11.5 Å². The number of carbonyl (C=O) groups is 1. The van der Waals surface area contributed by atoms with Gasteiger partial charge < -0.3 is 15.4 Å². The van der Waals surface area contributed by atoms with Crippen LogP contribution in [0.5, 0.6) is 5.75 Å². The van der Waals surface area contributed by atoms with Gasteiger partial charge in [0.15, 0.2) is 0 Å². The third kappa shape index (κ3) is 4.12. The minimum atomic E-state index is 0.00136. The second kappa shape index (κ2) is 7.14. The van der Waals surface area contributed by atoms with Crippen molar-refractivity contribution in [3.8, 4) is 5.75 Å². The lowest BCUT2D eigenvalue weighted by atomic mass is 10.2. The van der Waals surface area contributed by atoms with Crippen molar-refractivity contribution in [3.63, 3.8) is 0 Å². The maximum Gasteiger partial charge on any atom is 0.234 e. The molecule has 0 bridgehead atoms. The summed E-state index contributed by atoms with van der Waals surface area (Å²) in [5.41, 5.74) is 2.74. The van der Waals surface area contributed by atoms with Crippen molar-refractivity contribution in [3.05, 3.63) is 48.5 Å². The summed E-state index contributed by atoms with van der Waals surface area (Å²) in [7, 11) is 1.64. The molecule has 0 aliphatic heterocycles. The molecule has 20 heavy (non-hydrogen) atoms. The Bertz CT molecular complexity index is 567. The third-order valence-electron chi connectivity index (χ3n) is 2.67. The minimum Gasteiger partial charge on any atom is -0.497 e. The van der Waals surface area contributed by atoms with Crippen LogP contribution in [0.1, 0.15) is 0 Å². The van der Waals surface area contributed by atoms with E-state index in [-0.39, 0.29) is 5.91 Å². The summed E-state index contributed by atoms with van der Waals surface area (Å²) in [5.74, 6) is 0.828. The van der Waals surface area contributed by atoms with Crippen LogP contribution >= 0.6 is 22.6 Å². The van der Waals surface area contributed by atoms with Crippen molar-refractivity contribution < 1.29 is 9.53 Å². The topological polar surface area (TPSA) is 50.4 Å². The Balaban J connectivity index is 2.00. The van der Waals surface area contributed by atoms with E-state index in [1.54, 1.807) is 7.11 Å². The quantitative estimate of drug-likeness (QED) is 0.611. The number of ether oxygens (including phenoxy) is 1. The van der Waals surface area contributed by atoms with Crippen LogP contribution in [0.15, 0.2) is 48.5 Å². The zero-order valence-corrected chi connectivity index (χ0v) is 13.2. The van der Waals surface area contributed by atoms with Gasteiger partial charge in [0.1, 0.15) is 5.75 Å². The normalized spacial score (nSPS) is 9.90. The molecular formula is C15H15IN2O2. The van der Waals surface area contributed by atoms with E-state index >= 15 is 0 Å². The molecule has 104 valence electrons. The lowest BCUT2D eigenvalue weighted by molar-refractivity contribution is -0.113. The number of anilines is 3. The van der Waals surface area contributed by atoms with E-state index in [1.165, 1.54) is 0 Å². The van der Waals surface area contributed by atoms with E-state index in [1.807, 2.05) is 71.1 Å². The largest absolute Gasteiger partial charge is 0.497 e. The maximum atomic E-state index is 11.3. The summed E-state index contributed by atoms with van der Waals surface area (Å²) in [4.78, 5) is 11.3. The van der Waals surface area contributed by atoms with Crippen LogP contribution in [0.25, 0.3) is 0 Å². The maximum absolute atomic E-state index is 11.3. The highest BCUT2D eigenvalue weighted by molar-refractivity contribution is 14.1. The number of benzene rings is 2. The number of amides is 1. The fraction of sp³-hybridized carbons (Fsp3) is 0.133. The number of halogens is 1. The molecule has 0 heterocycles. The first-order valence-corrected chi connectivity index (χ1v) is 7.61. The number of alkyl halides is 1. The van der Waals surface area contributed by atoms with E-state index in [0.717, 1.165) is 22.8 Å². The molecule has 0 radical (unpaired) electrons. The van der Waals surface area contributed by atoms with Crippen molar-refractivity contribution in [2.24, 2.45) is 0 Å². The number of carbonyl (C=O) groups excluding carboxylic acids is 1. The second-order valence-corrected chi connectivity index (χ2v) is 4.88. The van der Waals surface area contributed by atoms with Crippen LogP contribution in [-0.2, 0) is 4.79 Å². The molecule has 0 aliphatic carbocycles. The van der Waals surface area contributed by atoms with Gasteiger partial charge in [0.2, 0.25) is 5.91 Å². The molecule has 2 aromatic rings. The molecule has 0 saturated heterocycles. The van der Waals surface area contributed by atoms with E-state index < -0.39 is 0 Å². The van der Waals surface area contributed by atoms with Gasteiger partial charge in [-0.1, -0.05) is 22.6 Å². The Kier molecular flexibility index (Phi) is 5.23. The predicted octanol–water partition coefficient (Wildman–Crippen LogP) is 3.81. The van der Waals surface area contributed by atoms with Crippen LogP contribution in [0.4, 0.5) is 17.1 Å². The van der Waals surface area contributed by atoms with Crippen LogP contribution in [0.3, 0.4) is 0 Å². The van der Waals surface area contributed by atoms with Crippen molar-refractivity contribution in [2.45, 2.75) is 0 Å². The molecule has 0 atom stereocenters. The SMILES string of the molecule is COc1ccc(Nc2ccc(NC(=O)CI)cc2)cc1. The zero-order chi connectivity index (χ0) is 14.4. The van der Waals surface area contributed by atoms with E-state index in [4.69, 9.17) is 4.74 Å². The first-order valence-electron chi connectivity index (χ1n) is 6.08. The monoisotopic (exact) mass is 382 g/mol. The molecule has 2 aromatic carbocycles. The summed E-state index contributed by atoms with van der Waals surface area (Å²) < 4.78 is 5.56. The Morgan fingerprint density at radius 3 is 2.00 bits per heavy atom. The number of methoxy groups -OCH3 is 1. The molecule has 2 N–H and O–H groups in total. The number of hydrogen-bond acceptors (Lipinski definition) is 3. The van der Waals surface area contributed by atoms with Crippen LogP contribution in [-0.4, -0.2) is 17.4 Å². The highest BCUT2D eigenvalue weighted by Gasteiger charge is 2.00. The van der Waals surface area contributed by atoms with E-state index in [0.29, 0.717) is 4.43 Å². The minimum absolute atomic E-state index is 0.00136. The number of rotatable bonds is 5. The average Bonchev–Trinajstić information content (AvgIpc) is 2.50. The van der Waals surface area contributed by atoms with Crippen molar-refractivity contribution in [2.75, 3.05) is 22.2 Å². The predicted molar refractivity (Wildman–Crippen MR) is 90.2 cm³/mol. The molecule has 5 heteroatoms. The standard InChI is InChI=1S/C15H15IN2O2/c1-20-14-8-6-12(7-9-14)17-11-2-4-13(5-3-11)18-15(19)10-16/h2-9,17H,10H2,1H3,(H,18,19). The average molecular weight is 382 g/mol. The highest BCUT2D eigenvalue weighted by Crippen LogP contribution is 2.21. The molecule has 0 aliphatic rings. The van der Waals surface area contributed by atoms with Crippen molar-refractivity contribution >= 4 is 45.6 Å².